The Hall–Kier alpha value is -2.89. The van der Waals surface area contributed by atoms with Crippen LogP contribution in [0.1, 0.15) is 31.1 Å². The summed E-state index contributed by atoms with van der Waals surface area (Å²) in [6, 6.07) is 4.69. The number of benzene rings is 1. The summed E-state index contributed by atoms with van der Waals surface area (Å²) in [6.45, 7) is 5.59. The molecule has 0 heterocycles. The maximum absolute atomic E-state index is 12.2. The van der Waals surface area contributed by atoms with E-state index in [2.05, 4.69) is 5.16 Å². The summed E-state index contributed by atoms with van der Waals surface area (Å²) in [7, 11) is 3.00. The number of methoxy groups -OCH3 is 2. The summed E-state index contributed by atoms with van der Waals surface area (Å²) in [4.78, 5) is 29.2. The van der Waals surface area contributed by atoms with Gasteiger partial charge in [-0.05, 0) is 48.8 Å². The molecule has 25 heavy (non-hydrogen) atoms. The monoisotopic (exact) mass is 343 g/mol. The van der Waals surface area contributed by atoms with Gasteiger partial charge in [0.2, 0.25) is 0 Å². The van der Waals surface area contributed by atoms with E-state index in [4.69, 9.17) is 14.3 Å². The van der Waals surface area contributed by atoms with E-state index in [1.54, 1.807) is 25.1 Å². The lowest BCUT2D eigenvalue weighted by Gasteiger charge is -2.14. The Balaban J connectivity index is 2.22. The van der Waals surface area contributed by atoms with Crippen LogP contribution in [-0.2, 0) is 9.63 Å². The molecule has 0 unspecified atom stereocenters. The number of nitrogens with zero attached hydrogens (tertiary/aromatic N) is 1. The van der Waals surface area contributed by atoms with Gasteiger partial charge in [-0.2, -0.15) is 0 Å². The number of carbonyl (C=O) groups excluding carboxylic acids is 2. The first kappa shape index (κ1) is 18.4. The van der Waals surface area contributed by atoms with Gasteiger partial charge < -0.3 is 14.3 Å². The highest BCUT2D eigenvalue weighted by molar-refractivity contribution is 6.21. The van der Waals surface area contributed by atoms with Crippen LogP contribution in [0.3, 0.4) is 0 Å². The second kappa shape index (κ2) is 7.79. The summed E-state index contributed by atoms with van der Waals surface area (Å²) in [5.41, 5.74) is 2.02. The average Bonchev–Trinajstić information content (AvgIpc) is 2.59. The van der Waals surface area contributed by atoms with E-state index in [1.807, 2.05) is 13.8 Å². The van der Waals surface area contributed by atoms with E-state index >= 15 is 0 Å². The number of rotatable bonds is 5. The smallest absolute Gasteiger partial charge is 0.365 e. The van der Waals surface area contributed by atoms with Crippen molar-refractivity contribution in [1.82, 2.24) is 0 Å². The largest absolute Gasteiger partial charge is 0.493 e. The molecule has 1 aliphatic rings. The zero-order valence-electron chi connectivity index (χ0n) is 15.0. The Morgan fingerprint density at radius 1 is 1.08 bits per heavy atom. The molecule has 132 valence electrons. The van der Waals surface area contributed by atoms with E-state index in [-0.39, 0.29) is 17.3 Å². The first-order valence-corrected chi connectivity index (χ1v) is 7.83. The van der Waals surface area contributed by atoms with Crippen molar-refractivity contribution in [2.45, 2.75) is 20.8 Å². The normalized spacial score (nSPS) is 15.8. The van der Waals surface area contributed by atoms with Gasteiger partial charge in [0.25, 0.3) is 0 Å². The third-order valence-corrected chi connectivity index (χ3v) is 3.80. The van der Waals surface area contributed by atoms with E-state index in [0.29, 0.717) is 28.4 Å². The quantitative estimate of drug-likeness (QED) is 0.466. The fourth-order valence-corrected chi connectivity index (χ4v) is 2.34. The summed E-state index contributed by atoms with van der Waals surface area (Å²) < 4.78 is 10.3. The molecular formula is C19H21NO5. The molecule has 2 rings (SSSR count). The Kier molecular flexibility index (Phi) is 5.75. The maximum atomic E-state index is 12.2. The number of oxime groups is 1. The molecule has 0 bridgehead atoms. The molecule has 0 N–H and O–H groups in total. The summed E-state index contributed by atoms with van der Waals surface area (Å²) in [5.74, 6) is 0.323. The minimum atomic E-state index is -0.627. The predicted octanol–water partition coefficient (Wildman–Crippen LogP) is 3.33. The molecule has 0 atom stereocenters. The molecular weight excluding hydrogens is 322 g/mol. The van der Waals surface area contributed by atoms with Crippen molar-refractivity contribution in [2.75, 3.05) is 14.2 Å². The van der Waals surface area contributed by atoms with Gasteiger partial charge in [-0.25, -0.2) is 4.79 Å². The molecule has 6 nitrogen and oxygen atoms in total. The van der Waals surface area contributed by atoms with Crippen molar-refractivity contribution in [1.29, 1.82) is 0 Å². The van der Waals surface area contributed by atoms with E-state index in [9.17, 15) is 9.59 Å². The van der Waals surface area contributed by atoms with Crippen LogP contribution < -0.4 is 9.47 Å². The first-order chi connectivity index (χ1) is 11.9. The number of hydrogen-bond donors (Lipinski definition) is 0. The van der Waals surface area contributed by atoms with Gasteiger partial charge >= 0.3 is 5.97 Å². The average molecular weight is 343 g/mol. The molecule has 0 amide bonds. The van der Waals surface area contributed by atoms with E-state index in [1.165, 1.54) is 26.4 Å². The van der Waals surface area contributed by atoms with Crippen LogP contribution in [0, 0.1) is 5.92 Å². The predicted molar refractivity (Wildman–Crippen MR) is 94.1 cm³/mol. The Morgan fingerprint density at radius 3 is 2.36 bits per heavy atom. The molecule has 1 aromatic carbocycles. The van der Waals surface area contributed by atoms with Crippen LogP contribution in [0.4, 0.5) is 0 Å². The molecule has 0 aliphatic heterocycles. The second-order valence-corrected chi connectivity index (χ2v) is 5.87. The molecule has 0 saturated heterocycles. The summed E-state index contributed by atoms with van der Waals surface area (Å²) >= 11 is 0. The van der Waals surface area contributed by atoms with E-state index in [0.717, 1.165) is 0 Å². The van der Waals surface area contributed by atoms with Crippen molar-refractivity contribution in [3.63, 3.8) is 0 Å². The van der Waals surface area contributed by atoms with Gasteiger partial charge in [0.15, 0.2) is 17.3 Å². The molecule has 0 aromatic heterocycles. The van der Waals surface area contributed by atoms with Crippen molar-refractivity contribution < 1.29 is 23.9 Å². The first-order valence-electron chi connectivity index (χ1n) is 7.83. The van der Waals surface area contributed by atoms with Gasteiger partial charge in [0, 0.05) is 5.57 Å². The lowest BCUT2D eigenvalue weighted by atomic mass is 9.90. The zero-order chi connectivity index (χ0) is 18.6. The fourth-order valence-electron chi connectivity index (χ4n) is 2.34. The number of ether oxygens (including phenoxy) is 2. The molecule has 0 saturated carbocycles. The Bertz CT molecular complexity index is 787. The molecule has 0 fully saturated rings. The number of ketones is 1. The lowest BCUT2D eigenvalue weighted by molar-refractivity contribution is -0.111. The SMILES string of the molecule is COc1ccc(C(=O)O/N=C2/C=C(C(C)C)C(=O)C=C2C)cc1OC. The number of allylic oxidation sites excluding steroid dienone is 4. The fraction of sp³-hybridized carbons (Fsp3) is 0.316. The highest BCUT2D eigenvalue weighted by Crippen LogP contribution is 2.28. The molecule has 0 radical (unpaired) electrons. The highest BCUT2D eigenvalue weighted by Gasteiger charge is 2.20. The topological polar surface area (TPSA) is 74.2 Å². The van der Waals surface area contributed by atoms with Gasteiger partial charge in [-0.3, -0.25) is 4.79 Å². The lowest BCUT2D eigenvalue weighted by Crippen LogP contribution is -2.16. The van der Waals surface area contributed by atoms with Crippen LogP contribution in [0.5, 0.6) is 11.5 Å². The summed E-state index contributed by atoms with van der Waals surface area (Å²) in [5, 5.41) is 3.90. The van der Waals surface area contributed by atoms with Crippen molar-refractivity contribution >= 4 is 17.5 Å². The molecule has 1 aliphatic carbocycles. The number of hydrogen-bond acceptors (Lipinski definition) is 6. The second-order valence-electron chi connectivity index (χ2n) is 5.87. The van der Waals surface area contributed by atoms with Gasteiger partial charge in [-0.1, -0.05) is 19.0 Å². The zero-order valence-corrected chi connectivity index (χ0v) is 15.0. The Morgan fingerprint density at radius 2 is 1.76 bits per heavy atom. The third kappa shape index (κ3) is 4.15. The summed E-state index contributed by atoms with van der Waals surface area (Å²) in [6.07, 6.45) is 3.16. The van der Waals surface area contributed by atoms with Gasteiger partial charge in [-0.15, -0.1) is 0 Å². The van der Waals surface area contributed by atoms with Crippen molar-refractivity contribution in [3.05, 3.63) is 47.1 Å². The van der Waals surface area contributed by atoms with Crippen LogP contribution in [0.15, 0.2) is 46.7 Å². The molecule has 1 aromatic rings. The highest BCUT2D eigenvalue weighted by atomic mass is 16.7. The standard InChI is InChI=1S/C19H21NO5/c1-11(2)14-10-15(12(3)8-16(14)21)20-25-19(22)13-6-7-17(23-4)18(9-13)24-5/h6-11H,1-5H3/b20-15-. The third-order valence-electron chi connectivity index (χ3n) is 3.80. The van der Waals surface area contributed by atoms with Crippen LogP contribution in [0.2, 0.25) is 0 Å². The number of carbonyl (C=O) groups is 2. The minimum Gasteiger partial charge on any atom is -0.493 e. The maximum Gasteiger partial charge on any atom is 0.365 e. The Labute approximate surface area is 146 Å². The molecule has 0 spiro atoms. The minimum absolute atomic E-state index is 0.0438. The van der Waals surface area contributed by atoms with E-state index < -0.39 is 5.97 Å². The van der Waals surface area contributed by atoms with Gasteiger partial charge in [0.1, 0.15) is 5.71 Å². The van der Waals surface area contributed by atoms with Gasteiger partial charge in [0.05, 0.1) is 19.8 Å². The van der Waals surface area contributed by atoms with Crippen molar-refractivity contribution in [2.24, 2.45) is 11.1 Å². The van der Waals surface area contributed by atoms with Crippen LogP contribution >= 0.6 is 0 Å². The molecule has 6 heteroatoms. The van der Waals surface area contributed by atoms with Crippen LogP contribution in [-0.4, -0.2) is 31.7 Å². The van der Waals surface area contributed by atoms with Crippen molar-refractivity contribution in [3.8, 4) is 11.5 Å². The van der Waals surface area contributed by atoms with Crippen LogP contribution in [0.25, 0.3) is 0 Å².